The van der Waals surface area contributed by atoms with Crippen LogP contribution in [0.1, 0.15) is 36.0 Å². The van der Waals surface area contributed by atoms with E-state index in [-0.39, 0.29) is 17.7 Å². The molecule has 1 aromatic rings. The van der Waals surface area contributed by atoms with Gasteiger partial charge in [0, 0.05) is 12.0 Å². The molecule has 1 atom stereocenters. The molecule has 1 N–H and O–H groups in total. The lowest BCUT2D eigenvalue weighted by Crippen LogP contribution is -2.42. The summed E-state index contributed by atoms with van der Waals surface area (Å²) in [5, 5.41) is 3.48. The van der Waals surface area contributed by atoms with Crippen LogP contribution in [-0.2, 0) is 4.79 Å². The van der Waals surface area contributed by atoms with Crippen LogP contribution in [0.5, 0.6) is 0 Å². The number of carbonyl (C=O) groups is 2. The predicted molar refractivity (Wildman–Crippen MR) is 71.2 cm³/mol. The van der Waals surface area contributed by atoms with Crippen molar-refractivity contribution < 1.29 is 9.59 Å². The average Bonchev–Trinajstić information content (AvgIpc) is 2.35. The van der Waals surface area contributed by atoms with Gasteiger partial charge in [-0.2, -0.15) is 0 Å². The molecule has 5 heteroatoms. The summed E-state index contributed by atoms with van der Waals surface area (Å²) < 4.78 is 0. The minimum atomic E-state index is -0.360. The van der Waals surface area contributed by atoms with Crippen molar-refractivity contribution in [3.63, 3.8) is 0 Å². The number of rotatable bonds is 2. The van der Waals surface area contributed by atoms with Gasteiger partial charge in [0.2, 0.25) is 0 Å². The highest BCUT2D eigenvalue weighted by molar-refractivity contribution is 6.42. The quantitative estimate of drug-likeness (QED) is 0.907. The zero-order valence-electron chi connectivity index (χ0n) is 9.71. The van der Waals surface area contributed by atoms with E-state index in [2.05, 4.69) is 5.32 Å². The molecule has 1 amide bonds. The smallest absolute Gasteiger partial charge is 0.251 e. The van der Waals surface area contributed by atoms with E-state index < -0.39 is 0 Å². The first-order valence-corrected chi connectivity index (χ1v) is 6.62. The third-order valence-electron chi connectivity index (χ3n) is 3.04. The zero-order chi connectivity index (χ0) is 13.1. The molecule has 18 heavy (non-hydrogen) atoms. The third-order valence-corrected chi connectivity index (χ3v) is 3.78. The van der Waals surface area contributed by atoms with E-state index in [1.165, 1.54) is 6.07 Å². The van der Waals surface area contributed by atoms with Gasteiger partial charge in [-0.25, -0.2) is 0 Å². The Hall–Kier alpha value is -1.06. The lowest BCUT2D eigenvalue weighted by atomic mass is 9.94. The average molecular weight is 286 g/mol. The molecule has 96 valence electrons. The number of amides is 1. The Labute approximate surface area is 115 Å². The van der Waals surface area contributed by atoms with Crippen molar-refractivity contribution in [2.75, 3.05) is 0 Å². The summed E-state index contributed by atoms with van der Waals surface area (Å²) in [5.74, 6) is -0.177. The van der Waals surface area contributed by atoms with E-state index in [1.54, 1.807) is 12.1 Å². The standard InChI is InChI=1S/C13H13Cl2NO2/c14-9-6-5-8(7-10(9)15)13(18)16-11-3-1-2-4-12(11)17/h5-7,11H,1-4H2,(H,16,18). The second-order valence-corrected chi connectivity index (χ2v) is 5.18. The molecule has 0 aromatic heterocycles. The summed E-state index contributed by atoms with van der Waals surface area (Å²) in [6.07, 6.45) is 3.15. The van der Waals surface area contributed by atoms with Crippen molar-refractivity contribution in [1.82, 2.24) is 5.32 Å². The SMILES string of the molecule is O=C(NC1CCCCC1=O)c1ccc(Cl)c(Cl)c1. The number of Topliss-reactive ketones (excluding diaryl/α,β-unsaturated/α-hetero) is 1. The van der Waals surface area contributed by atoms with E-state index >= 15 is 0 Å². The van der Waals surface area contributed by atoms with Crippen LogP contribution in [0.3, 0.4) is 0 Å². The molecule has 0 radical (unpaired) electrons. The van der Waals surface area contributed by atoms with Crippen LogP contribution in [0.2, 0.25) is 10.0 Å². The Kier molecular flexibility index (Phi) is 4.25. The Morgan fingerprint density at radius 3 is 2.67 bits per heavy atom. The number of benzene rings is 1. The highest BCUT2D eigenvalue weighted by Gasteiger charge is 2.24. The van der Waals surface area contributed by atoms with E-state index in [1.807, 2.05) is 0 Å². The van der Waals surface area contributed by atoms with E-state index in [9.17, 15) is 9.59 Å². The molecule has 1 aliphatic rings. The highest BCUT2D eigenvalue weighted by Crippen LogP contribution is 2.23. The maximum atomic E-state index is 12.0. The second kappa shape index (κ2) is 5.72. The predicted octanol–water partition coefficient (Wildman–Crippen LogP) is 3.23. The van der Waals surface area contributed by atoms with Crippen molar-refractivity contribution in [2.24, 2.45) is 0 Å². The van der Waals surface area contributed by atoms with E-state index in [0.29, 0.717) is 28.5 Å². The second-order valence-electron chi connectivity index (χ2n) is 4.37. The van der Waals surface area contributed by atoms with Crippen LogP contribution < -0.4 is 5.32 Å². The molecule has 0 saturated heterocycles. The maximum absolute atomic E-state index is 12.0. The van der Waals surface area contributed by atoms with Gasteiger partial charge in [0.25, 0.3) is 5.91 Å². The highest BCUT2D eigenvalue weighted by atomic mass is 35.5. The van der Waals surface area contributed by atoms with Crippen molar-refractivity contribution in [2.45, 2.75) is 31.7 Å². The number of carbonyl (C=O) groups excluding carboxylic acids is 2. The Bertz CT molecular complexity index is 488. The lowest BCUT2D eigenvalue weighted by Gasteiger charge is -2.21. The van der Waals surface area contributed by atoms with Gasteiger partial charge in [-0.1, -0.05) is 29.6 Å². The zero-order valence-corrected chi connectivity index (χ0v) is 11.2. The molecule has 1 aromatic carbocycles. The van der Waals surface area contributed by atoms with Crippen LogP contribution in [0.4, 0.5) is 0 Å². The number of hydrogen-bond donors (Lipinski definition) is 1. The van der Waals surface area contributed by atoms with Crippen LogP contribution in [0.15, 0.2) is 18.2 Å². The van der Waals surface area contributed by atoms with E-state index in [4.69, 9.17) is 23.2 Å². The minimum Gasteiger partial charge on any atom is -0.342 e. The first-order valence-electron chi connectivity index (χ1n) is 5.86. The van der Waals surface area contributed by atoms with Crippen molar-refractivity contribution in [3.05, 3.63) is 33.8 Å². The molecule has 1 unspecified atom stereocenters. The summed E-state index contributed by atoms with van der Waals surface area (Å²) in [7, 11) is 0. The molecule has 1 aliphatic carbocycles. The molecule has 2 rings (SSSR count). The summed E-state index contributed by atoms with van der Waals surface area (Å²) in [6, 6.07) is 4.31. The van der Waals surface area contributed by atoms with Gasteiger partial charge < -0.3 is 5.32 Å². The fourth-order valence-electron chi connectivity index (χ4n) is 2.01. The Morgan fingerprint density at radius 1 is 1.22 bits per heavy atom. The fourth-order valence-corrected chi connectivity index (χ4v) is 2.31. The van der Waals surface area contributed by atoms with Crippen molar-refractivity contribution in [1.29, 1.82) is 0 Å². The van der Waals surface area contributed by atoms with Gasteiger partial charge in [0.05, 0.1) is 16.1 Å². The molecule has 1 saturated carbocycles. The lowest BCUT2D eigenvalue weighted by molar-refractivity contribution is -0.122. The van der Waals surface area contributed by atoms with Gasteiger partial charge in [0.1, 0.15) is 0 Å². The van der Waals surface area contributed by atoms with E-state index in [0.717, 1.165) is 12.8 Å². The molecular weight excluding hydrogens is 273 g/mol. The van der Waals surface area contributed by atoms with Gasteiger partial charge in [0.15, 0.2) is 5.78 Å². The largest absolute Gasteiger partial charge is 0.342 e. The van der Waals surface area contributed by atoms with Gasteiger partial charge >= 0.3 is 0 Å². The van der Waals surface area contributed by atoms with Gasteiger partial charge in [-0.05, 0) is 31.0 Å². The molecule has 0 spiro atoms. The summed E-state index contributed by atoms with van der Waals surface area (Å²) >= 11 is 11.6. The van der Waals surface area contributed by atoms with Crippen LogP contribution >= 0.6 is 23.2 Å². The fraction of sp³-hybridized carbons (Fsp3) is 0.385. The van der Waals surface area contributed by atoms with Crippen LogP contribution in [0.25, 0.3) is 0 Å². The molecule has 0 heterocycles. The molecular formula is C13H13Cl2NO2. The molecule has 3 nitrogen and oxygen atoms in total. The van der Waals surface area contributed by atoms with Gasteiger partial charge in [-0.3, -0.25) is 9.59 Å². The minimum absolute atomic E-state index is 0.106. The first kappa shape index (κ1) is 13.4. The molecule has 0 aliphatic heterocycles. The van der Waals surface area contributed by atoms with Crippen LogP contribution in [-0.4, -0.2) is 17.7 Å². The molecule has 1 fully saturated rings. The number of hydrogen-bond acceptors (Lipinski definition) is 2. The van der Waals surface area contributed by atoms with Crippen molar-refractivity contribution >= 4 is 34.9 Å². The topological polar surface area (TPSA) is 46.2 Å². The number of ketones is 1. The monoisotopic (exact) mass is 285 g/mol. The number of halogens is 2. The van der Waals surface area contributed by atoms with Crippen molar-refractivity contribution in [3.8, 4) is 0 Å². The summed E-state index contributed by atoms with van der Waals surface area (Å²) in [5.41, 5.74) is 0.419. The Balaban J connectivity index is 2.07. The maximum Gasteiger partial charge on any atom is 0.251 e. The van der Waals surface area contributed by atoms with Gasteiger partial charge in [-0.15, -0.1) is 0 Å². The summed E-state index contributed by atoms with van der Waals surface area (Å²) in [4.78, 5) is 23.6. The first-order chi connectivity index (χ1) is 8.58. The molecule has 0 bridgehead atoms. The van der Waals surface area contributed by atoms with Crippen LogP contribution in [0, 0.1) is 0 Å². The normalized spacial score (nSPS) is 19.7. The number of nitrogens with one attached hydrogen (secondary N) is 1. The Morgan fingerprint density at radius 2 is 2.00 bits per heavy atom. The summed E-state index contributed by atoms with van der Waals surface area (Å²) in [6.45, 7) is 0. The third kappa shape index (κ3) is 3.03.